The second-order valence-electron chi connectivity index (χ2n) is 11.5. The number of hydrogen-bond donors (Lipinski definition) is 4. The van der Waals surface area contributed by atoms with Gasteiger partial charge in [-0.3, -0.25) is 0 Å². The van der Waals surface area contributed by atoms with Crippen molar-refractivity contribution in [2.45, 2.75) is 50.2 Å². The number of nitrogens with zero attached hydrogens (tertiary/aromatic N) is 2. The van der Waals surface area contributed by atoms with Crippen LogP contribution in [0.2, 0.25) is 0 Å². The van der Waals surface area contributed by atoms with Gasteiger partial charge in [0.2, 0.25) is 0 Å². The Labute approximate surface area is 276 Å². The second-order valence-corrected chi connectivity index (χ2v) is 13.4. The van der Waals surface area contributed by atoms with E-state index in [9.17, 15) is 28.8 Å². The van der Waals surface area contributed by atoms with E-state index < -0.39 is 34.5 Å². The van der Waals surface area contributed by atoms with Crippen molar-refractivity contribution in [3.05, 3.63) is 131 Å². The van der Waals surface area contributed by atoms with Crippen LogP contribution in [0.25, 0.3) is 0 Å². The van der Waals surface area contributed by atoms with E-state index in [2.05, 4.69) is 0 Å². The summed E-state index contributed by atoms with van der Waals surface area (Å²) in [7, 11) is -4.43. The largest absolute Gasteiger partial charge is 0.492 e. The molecule has 1 aliphatic rings. The highest BCUT2D eigenvalue weighted by molar-refractivity contribution is 7.86. The zero-order valence-electron chi connectivity index (χ0n) is 26.1. The van der Waals surface area contributed by atoms with Crippen molar-refractivity contribution in [1.82, 2.24) is 8.61 Å². The summed E-state index contributed by atoms with van der Waals surface area (Å²) in [4.78, 5) is 0. The van der Waals surface area contributed by atoms with E-state index in [-0.39, 0.29) is 39.5 Å². The molecule has 0 bridgehead atoms. The van der Waals surface area contributed by atoms with Crippen LogP contribution in [0.1, 0.15) is 22.3 Å². The SMILES string of the molecule is O=S1(=O)N(Cc2cccc(CCO)c2)C(COc2ccccc2)C(O)[C@H](O)[C@H](COc2ccccc2)N1Cc1cccc(CCO)c1. The molecule has 10 nitrogen and oxygen atoms in total. The van der Waals surface area contributed by atoms with Crippen LogP contribution >= 0.6 is 0 Å². The summed E-state index contributed by atoms with van der Waals surface area (Å²) in [5.41, 5.74) is 2.97. The summed E-state index contributed by atoms with van der Waals surface area (Å²) >= 11 is 0. The van der Waals surface area contributed by atoms with Crippen molar-refractivity contribution in [1.29, 1.82) is 0 Å². The Hall–Kier alpha value is -3.81. The molecule has 1 saturated heterocycles. The van der Waals surface area contributed by atoms with Gasteiger partial charge in [0, 0.05) is 26.3 Å². The number of aliphatic hydroxyl groups excluding tert-OH is 4. The molecule has 0 aromatic heterocycles. The summed E-state index contributed by atoms with van der Waals surface area (Å²) in [6, 6.07) is 29.9. The van der Waals surface area contributed by atoms with Crippen molar-refractivity contribution in [2.75, 3.05) is 26.4 Å². The Morgan fingerprint density at radius 2 is 0.936 bits per heavy atom. The number of hydrogen-bond acceptors (Lipinski definition) is 8. The molecule has 11 heteroatoms. The molecule has 1 aliphatic heterocycles. The molecule has 0 aliphatic carbocycles. The lowest BCUT2D eigenvalue weighted by molar-refractivity contribution is -0.0565. The number of ether oxygens (including phenoxy) is 2. The normalized spacial score (nSPS) is 21.6. The zero-order valence-corrected chi connectivity index (χ0v) is 26.9. The van der Waals surface area contributed by atoms with Crippen LogP contribution in [0.5, 0.6) is 11.5 Å². The van der Waals surface area contributed by atoms with Crippen molar-refractivity contribution < 1.29 is 38.3 Å². The molecule has 2 unspecified atom stereocenters. The van der Waals surface area contributed by atoms with E-state index in [1.165, 1.54) is 8.61 Å². The Morgan fingerprint density at radius 3 is 1.32 bits per heavy atom. The van der Waals surface area contributed by atoms with Crippen molar-refractivity contribution in [3.8, 4) is 11.5 Å². The summed E-state index contributed by atoms with van der Waals surface area (Å²) in [5.74, 6) is 0.976. The van der Waals surface area contributed by atoms with Gasteiger partial charge in [0.15, 0.2) is 0 Å². The standard InChI is InChI=1S/C36H42N2O8S/c39-19-17-27-9-7-11-29(21-27)23-37-33(25-45-31-13-3-1-4-14-31)35(41)36(42)34(26-46-32-15-5-2-6-16-32)38(47(37,43)44)24-30-12-8-10-28(22-30)18-20-40/h1-16,21-22,33-36,39-42H,17-20,23-26H2/t33-,34?,35+,36?/m0/s1. The third-order valence-electron chi connectivity index (χ3n) is 8.26. The van der Waals surface area contributed by atoms with E-state index in [1.807, 2.05) is 36.4 Å². The quantitative estimate of drug-likeness (QED) is 0.162. The van der Waals surface area contributed by atoms with Crippen LogP contribution in [0.4, 0.5) is 0 Å². The predicted octanol–water partition coefficient (Wildman–Crippen LogP) is 2.94. The van der Waals surface area contributed by atoms with Gasteiger partial charge in [0.25, 0.3) is 10.2 Å². The van der Waals surface area contributed by atoms with Crippen molar-refractivity contribution >= 4 is 10.2 Å². The minimum absolute atomic E-state index is 0.0594. The van der Waals surface area contributed by atoms with Crippen LogP contribution in [-0.2, 0) is 36.1 Å². The smallest absolute Gasteiger partial charge is 0.283 e. The highest BCUT2D eigenvalue weighted by Gasteiger charge is 2.51. The average molecular weight is 663 g/mol. The fourth-order valence-corrected chi connectivity index (χ4v) is 7.77. The van der Waals surface area contributed by atoms with Gasteiger partial charge in [-0.15, -0.1) is 0 Å². The monoisotopic (exact) mass is 662 g/mol. The molecule has 0 saturated carbocycles. The Bertz CT molecular complexity index is 1540. The molecule has 4 aromatic carbocycles. The van der Waals surface area contributed by atoms with E-state index in [1.54, 1.807) is 72.8 Å². The van der Waals surface area contributed by atoms with Gasteiger partial charge in [0.1, 0.15) is 36.9 Å². The highest BCUT2D eigenvalue weighted by Crippen LogP contribution is 2.32. The zero-order chi connectivity index (χ0) is 33.2. The lowest BCUT2D eigenvalue weighted by Crippen LogP contribution is -2.52. The molecule has 4 aromatic rings. The van der Waals surface area contributed by atoms with Crippen LogP contribution in [0.3, 0.4) is 0 Å². The minimum Gasteiger partial charge on any atom is -0.492 e. The lowest BCUT2D eigenvalue weighted by Gasteiger charge is -2.34. The third kappa shape index (κ3) is 8.76. The average Bonchev–Trinajstić information content (AvgIpc) is 3.13. The molecule has 250 valence electrons. The number of para-hydroxylation sites is 2. The van der Waals surface area contributed by atoms with Gasteiger partial charge >= 0.3 is 0 Å². The molecule has 0 amide bonds. The Balaban J connectivity index is 1.58. The number of rotatable bonds is 14. The molecule has 0 spiro atoms. The van der Waals surface area contributed by atoms with Crippen LogP contribution in [0.15, 0.2) is 109 Å². The van der Waals surface area contributed by atoms with Gasteiger partial charge < -0.3 is 29.9 Å². The molecule has 5 rings (SSSR count). The fourth-order valence-electron chi connectivity index (χ4n) is 5.82. The Morgan fingerprint density at radius 1 is 0.553 bits per heavy atom. The first-order valence-electron chi connectivity index (χ1n) is 15.7. The first-order chi connectivity index (χ1) is 22.8. The van der Waals surface area contributed by atoms with Gasteiger partial charge in [-0.1, -0.05) is 84.9 Å². The maximum absolute atomic E-state index is 14.9. The number of aliphatic hydroxyl groups is 4. The van der Waals surface area contributed by atoms with E-state index >= 15 is 0 Å². The van der Waals surface area contributed by atoms with Gasteiger partial charge in [-0.05, 0) is 59.4 Å². The number of benzene rings is 4. The molecule has 0 radical (unpaired) electrons. The van der Waals surface area contributed by atoms with Crippen LogP contribution in [-0.4, -0.2) is 88.2 Å². The molecule has 1 heterocycles. The van der Waals surface area contributed by atoms with Crippen LogP contribution in [0, 0.1) is 0 Å². The second kappa shape index (κ2) is 16.3. The summed E-state index contributed by atoms with van der Waals surface area (Å²) in [6.07, 6.45) is -2.30. The van der Waals surface area contributed by atoms with Crippen molar-refractivity contribution in [3.63, 3.8) is 0 Å². The van der Waals surface area contributed by atoms with Crippen molar-refractivity contribution in [2.24, 2.45) is 0 Å². The predicted molar refractivity (Wildman–Crippen MR) is 178 cm³/mol. The third-order valence-corrected chi connectivity index (χ3v) is 10.2. The Kier molecular flexibility index (Phi) is 12.0. The molecule has 4 N–H and O–H groups in total. The lowest BCUT2D eigenvalue weighted by atomic mass is 9.98. The first kappa shape index (κ1) is 34.5. The molecule has 4 atom stereocenters. The van der Waals surface area contributed by atoms with E-state index in [0.29, 0.717) is 35.5 Å². The van der Waals surface area contributed by atoms with Gasteiger partial charge in [-0.25, -0.2) is 0 Å². The van der Waals surface area contributed by atoms with Gasteiger partial charge in [-0.2, -0.15) is 17.0 Å². The maximum Gasteiger partial charge on any atom is 0.283 e. The first-order valence-corrected chi connectivity index (χ1v) is 17.1. The molecule has 1 fully saturated rings. The highest BCUT2D eigenvalue weighted by atomic mass is 32.2. The van der Waals surface area contributed by atoms with E-state index in [4.69, 9.17) is 9.47 Å². The van der Waals surface area contributed by atoms with Gasteiger partial charge in [0.05, 0.1) is 12.1 Å². The molecular weight excluding hydrogens is 620 g/mol. The summed E-state index contributed by atoms with van der Waals surface area (Å²) in [6.45, 7) is -0.830. The topological polar surface area (TPSA) is 140 Å². The molecular formula is C36H42N2O8S. The summed E-state index contributed by atoms with van der Waals surface area (Å²) in [5, 5.41) is 42.6. The van der Waals surface area contributed by atoms with Crippen LogP contribution < -0.4 is 9.47 Å². The van der Waals surface area contributed by atoms with E-state index in [0.717, 1.165) is 11.1 Å². The fraction of sp³-hybridized carbons (Fsp3) is 0.333. The summed E-state index contributed by atoms with van der Waals surface area (Å²) < 4.78 is 44.3. The minimum atomic E-state index is -4.43. The maximum atomic E-state index is 14.9. The molecule has 47 heavy (non-hydrogen) atoms.